The zero-order chi connectivity index (χ0) is 23.8. The van der Waals surface area contributed by atoms with Gasteiger partial charge in [0, 0.05) is 13.1 Å². The Morgan fingerprint density at radius 1 is 0.618 bits per heavy atom. The van der Waals surface area contributed by atoms with Crippen molar-refractivity contribution in [3.05, 3.63) is 70.8 Å². The largest absolute Gasteiger partial charge is 0.312 e. The van der Waals surface area contributed by atoms with Crippen molar-refractivity contribution in [1.82, 2.24) is 10.6 Å². The molecule has 34 heavy (non-hydrogen) atoms. The minimum Gasteiger partial charge on any atom is -0.312 e. The van der Waals surface area contributed by atoms with E-state index in [-0.39, 0.29) is 0 Å². The van der Waals surface area contributed by atoms with Gasteiger partial charge in [0.2, 0.25) is 0 Å². The smallest absolute Gasteiger partial charge is 0.0208 e. The molecule has 0 aromatic heterocycles. The molecule has 0 aliphatic heterocycles. The molecule has 2 nitrogen and oxygen atoms in total. The Labute approximate surface area is 210 Å². The minimum absolute atomic E-state index is 0.828. The van der Waals surface area contributed by atoms with Crippen LogP contribution in [0, 0.1) is 11.8 Å². The van der Waals surface area contributed by atoms with Gasteiger partial charge in [0.25, 0.3) is 0 Å². The van der Waals surface area contributed by atoms with Gasteiger partial charge in [-0.2, -0.15) is 0 Å². The summed E-state index contributed by atoms with van der Waals surface area (Å²) in [6, 6.07) is 18.1. The van der Waals surface area contributed by atoms with Crippen LogP contribution in [0.1, 0.15) is 100 Å². The van der Waals surface area contributed by atoms with Crippen molar-refractivity contribution in [3.63, 3.8) is 0 Å². The first kappa shape index (κ1) is 27.0. The van der Waals surface area contributed by atoms with E-state index >= 15 is 0 Å². The van der Waals surface area contributed by atoms with E-state index in [9.17, 15) is 0 Å². The lowest BCUT2D eigenvalue weighted by Crippen LogP contribution is -2.31. The molecule has 1 aliphatic carbocycles. The predicted octanol–water partition coefficient (Wildman–Crippen LogP) is 7.84. The topological polar surface area (TPSA) is 24.1 Å². The Hall–Kier alpha value is -1.64. The fourth-order valence-electron chi connectivity index (χ4n) is 5.67. The zero-order valence-corrected chi connectivity index (χ0v) is 22.1. The Kier molecular flexibility index (Phi) is 12.8. The standard InChI is InChI=1S/C32H50N2/c1-3-5-7-16-29-18-9-11-20-31(29)25-33-23-27-14-13-15-28(22-27)24-34-26-32-21-12-10-19-30(32)17-8-6-4-2/h9-12,18-21,27-28,33-34H,3-8,13-17,22-26H2,1-2H3. The number of benzene rings is 2. The first-order valence-corrected chi connectivity index (χ1v) is 14.3. The highest BCUT2D eigenvalue weighted by atomic mass is 14.9. The highest BCUT2D eigenvalue weighted by Gasteiger charge is 2.21. The van der Waals surface area contributed by atoms with Crippen LogP contribution in [-0.2, 0) is 25.9 Å². The van der Waals surface area contributed by atoms with Crippen LogP contribution < -0.4 is 10.6 Å². The second kappa shape index (κ2) is 16.1. The number of hydrogen-bond acceptors (Lipinski definition) is 2. The molecule has 2 heteroatoms. The molecule has 1 saturated carbocycles. The highest BCUT2D eigenvalue weighted by Crippen LogP contribution is 2.28. The van der Waals surface area contributed by atoms with Crippen LogP contribution in [0.15, 0.2) is 48.5 Å². The third kappa shape index (κ3) is 9.55. The number of aryl methyl sites for hydroxylation is 2. The van der Waals surface area contributed by atoms with Gasteiger partial charge < -0.3 is 10.6 Å². The summed E-state index contributed by atoms with van der Waals surface area (Å²) in [6.45, 7) is 8.95. The molecule has 0 heterocycles. The zero-order valence-electron chi connectivity index (χ0n) is 22.1. The summed E-state index contributed by atoms with van der Waals surface area (Å²) >= 11 is 0. The lowest BCUT2D eigenvalue weighted by Gasteiger charge is -2.30. The summed E-state index contributed by atoms with van der Waals surface area (Å²) in [5.74, 6) is 1.66. The van der Waals surface area contributed by atoms with Crippen LogP contribution in [0.3, 0.4) is 0 Å². The highest BCUT2D eigenvalue weighted by molar-refractivity contribution is 5.28. The van der Waals surface area contributed by atoms with Gasteiger partial charge >= 0.3 is 0 Å². The molecule has 0 radical (unpaired) electrons. The molecule has 1 aliphatic rings. The molecule has 2 aromatic rings. The molecule has 0 bridgehead atoms. The number of nitrogens with one attached hydrogen (secondary N) is 2. The van der Waals surface area contributed by atoms with E-state index in [1.165, 1.54) is 101 Å². The van der Waals surface area contributed by atoms with E-state index in [1.807, 2.05) is 0 Å². The van der Waals surface area contributed by atoms with Gasteiger partial charge in [-0.05, 0) is 92.1 Å². The fourth-order valence-corrected chi connectivity index (χ4v) is 5.67. The third-order valence-corrected chi connectivity index (χ3v) is 7.72. The van der Waals surface area contributed by atoms with Crippen LogP contribution >= 0.6 is 0 Å². The van der Waals surface area contributed by atoms with Gasteiger partial charge in [0.15, 0.2) is 0 Å². The molecule has 0 amide bonds. The van der Waals surface area contributed by atoms with E-state index in [4.69, 9.17) is 0 Å². The number of rotatable bonds is 16. The summed E-state index contributed by atoms with van der Waals surface area (Å²) in [7, 11) is 0. The van der Waals surface area contributed by atoms with Crippen molar-refractivity contribution in [2.45, 2.75) is 104 Å². The molecule has 188 valence electrons. The van der Waals surface area contributed by atoms with Gasteiger partial charge in [-0.1, -0.05) is 94.5 Å². The molecule has 2 aromatic carbocycles. The number of unbranched alkanes of at least 4 members (excludes halogenated alkanes) is 4. The normalized spacial score (nSPS) is 18.3. The second-order valence-corrected chi connectivity index (χ2v) is 10.6. The lowest BCUT2D eigenvalue weighted by molar-refractivity contribution is 0.252. The van der Waals surface area contributed by atoms with Crippen molar-refractivity contribution in [3.8, 4) is 0 Å². The van der Waals surface area contributed by atoms with Crippen molar-refractivity contribution in [2.75, 3.05) is 13.1 Å². The molecular weight excluding hydrogens is 412 g/mol. The second-order valence-electron chi connectivity index (χ2n) is 10.6. The van der Waals surface area contributed by atoms with Crippen molar-refractivity contribution >= 4 is 0 Å². The fraction of sp³-hybridized carbons (Fsp3) is 0.625. The summed E-state index contributed by atoms with van der Waals surface area (Å²) in [5.41, 5.74) is 6.10. The van der Waals surface area contributed by atoms with E-state index in [0.717, 1.165) is 24.9 Å². The van der Waals surface area contributed by atoms with Crippen LogP contribution in [0.25, 0.3) is 0 Å². The summed E-state index contributed by atoms with van der Waals surface area (Å²) in [6.07, 6.45) is 15.9. The van der Waals surface area contributed by atoms with Gasteiger partial charge in [0.1, 0.15) is 0 Å². The van der Waals surface area contributed by atoms with Gasteiger partial charge in [0.05, 0.1) is 0 Å². The van der Waals surface area contributed by atoms with Crippen LogP contribution in [0.2, 0.25) is 0 Å². The van der Waals surface area contributed by atoms with E-state index in [2.05, 4.69) is 73.0 Å². The van der Waals surface area contributed by atoms with Gasteiger partial charge in [-0.15, -0.1) is 0 Å². The predicted molar refractivity (Wildman–Crippen MR) is 148 cm³/mol. The first-order valence-electron chi connectivity index (χ1n) is 14.3. The molecule has 3 rings (SSSR count). The SMILES string of the molecule is CCCCCc1ccccc1CNCC1CCCC(CNCc2ccccc2CCCCC)C1. The quantitative estimate of drug-likeness (QED) is 0.248. The van der Waals surface area contributed by atoms with E-state index in [0.29, 0.717) is 0 Å². The average Bonchev–Trinajstić information content (AvgIpc) is 2.86. The third-order valence-electron chi connectivity index (χ3n) is 7.72. The molecule has 1 fully saturated rings. The molecule has 2 atom stereocenters. The molecule has 0 saturated heterocycles. The van der Waals surface area contributed by atoms with Gasteiger partial charge in [-0.25, -0.2) is 0 Å². The summed E-state index contributed by atoms with van der Waals surface area (Å²) in [5, 5.41) is 7.63. The van der Waals surface area contributed by atoms with E-state index in [1.54, 1.807) is 11.1 Å². The van der Waals surface area contributed by atoms with Crippen molar-refractivity contribution in [2.24, 2.45) is 11.8 Å². The average molecular weight is 463 g/mol. The van der Waals surface area contributed by atoms with Crippen LogP contribution in [-0.4, -0.2) is 13.1 Å². The Morgan fingerprint density at radius 3 is 1.50 bits per heavy atom. The molecule has 0 spiro atoms. The Morgan fingerprint density at radius 2 is 1.06 bits per heavy atom. The maximum Gasteiger partial charge on any atom is 0.0208 e. The maximum absolute atomic E-state index is 3.82. The van der Waals surface area contributed by atoms with Crippen LogP contribution in [0.4, 0.5) is 0 Å². The van der Waals surface area contributed by atoms with Crippen molar-refractivity contribution in [1.29, 1.82) is 0 Å². The minimum atomic E-state index is 0.828. The summed E-state index contributed by atoms with van der Waals surface area (Å²) < 4.78 is 0. The molecule has 2 unspecified atom stereocenters. The maximum atomic E-state index is 3.82. The van der Waals surface area contributed by atoms with E-state index < -0.39 is 0 Å². The van der Waals surface area contributed by atoms with Crippen molar-refractivity contribution < 1.29 is 0 Å². The monoisotopic (exact) mass is 462 g/mol. The molecular formula is C32H50N2. The lowest BCUT2D eigenvalue weighted by atomic mass is 9.81. The molecule has 2 N–H and O–H groups in total. The van der Waals surface area contributed by atoms with Crippen LogP contribution in [0.5, 0.6) is 0 Å². The first-order chi connectivity index (χ1) is 16.8. The Bertz CT molecular complexity index is 734. The van der Waals surface area contributed by atoms with Gasteiger partial charge in [-0.3, -0.25) is 0 Å². The summed E-state index contributed by atoms with van der Waals surface area (Å²) in [4.78, 5) is 0. The number of hydrogen-bond donors (Lipinski definition) is 2. The Balaban J connectivity index is 1.38.